The van der Waals surface area contributed by atoms with Crippen molar-refractivity contribution in [2.45, 2.75) is 33.2 Å². The molecule has 1 saturated heterocycles. The van der Waals surface area contributed by atoms with Crippen molar-refractivity contribution < 1.29 is 4.79 Å². The SMILES string of the molecule is Cc1cccc(N2CC(C(=O)NC(C)(C)C)C2)n1. The van der Waals surface area contributed by atoms with E-state index < -0.39 is 0 Å². The quantitative estimate of drug-likeness (QED) is 0.866. The van der Waals surface area contributed by atoms with E-state index in [9.17, 15) is 4.79 Å². The lowest BCUT2D eigenvalue weighted by Gasteiger charge is -2.40. The summed E-state index contributed by atoms with van der Waals surface area (Å²) in [5, 5.41) is 3.02. The lowest BCUT2D eigenvalue weighted by molar-refractivity contribution is -0.127. The third kappa shape index (κ3) is 3.00. The summed E-state index contributed by atoms with van der Waals surface area (Å²) in [6.07, 6.45) is 0. The van der Waals surface area contributed by atoms with E-state index in [1.165, 1.54) is 0 Å². The summed E-state index contributed by atoms with van der Waals surface area (Å²) in [4.78, 5) is 18.5. The van der Waals surface area contributed by atoms with Crippen LogP contribution in [0.2, 0.25) is 0 Å². The number of nitrogens with one attached hydrogen (secondary N) is 1. The first-order valence-electron chi connectivity index (χ1n) is 6.36. The smallest absolute Gasteiger partial charge is 0.227 e. The molecule has 1 aromatic heterocycles. The van der Waals surface area contributed by atoms with E-state index in [1.54, 1.807) is 0 Å². The zero-order valence-corrected chi connectivity index (χ0v) is 11.5. The molecule has 2 heterocycles. The molecule has 0 atom stereocenters. The van der Waals surface area contributed by atoms with E-state index in [4.69, 9.17) is 0 Å². The third-order valence-electron chi connectivity index (χ3n) is 2.95. The lowest BCUT2D eigenvalue weighted by Crippen LogP contribution is -2.56. The normalized spacial score (nSPS) is 16.3. The molecule has 0 unspecified atom stereocenters. The van der Waals surface area contributed by atoms with E-state index in [1.807, 2.05) is 45.9 Å². The van der Waals surface area contributed by atoms with Gasteiger partial charge in [-0.2, -0.15) is 0 Å². The summed E-state index contributed by atoms with van der Waals surface area (Å²) in [6, 6.07) is 5.97. The van der Waals surface area contributed by atoms with E-state index in [-0.39, 0.29) is 17.4 Å². The Kier molecular flexibility index (Phi) is 3.28. The highest BCUT2D eigenvalue weighted by atomic mass is 16.2. The van der Waals surface area contributed by atoms with Crippen LogP contribution in [0.4, 0.5) is 5.82 Å². The van der Waals surface area contributed by atoms with Gasteiger partial charge < -0.3 is 10.2 Å². The van der Waals surface area contributed by atoms with E-state index >= 15 is 0 Å². The zero-order valence-electron chi connectivity index (χ0n) is 11.5. The molecule has 2 rings (SSSR count). The summed E-state index contributed by atoms with van der Waals surface area (Å²) in [7, 11) is 0. The molecule has 1 aromatic rings. The van der Waals surface area contributed by atoms with Gasteiger partial charge in [-0.05, 0) is 39.8 Å². The first kappa shape index (κ1) is 12.9. The van der Waals surface area contributed by atoms with Crippen molar-refractivity contribution in [1.29, 1.82) is 0 Å². The van der Waals surface area contributed by atoms with Gasteiger partial charge >= 0.3 is 0 Å². The first-order chi connectivity index (χ1) is 8.35. The maximum absolute atomic E-state index is 11.9. The van der Waals surface area contributed by atoms with E-state index in [0.717, 1.165) is 24.6 Å². The Balaban J connectivity index is 1.89. The number of nitrogens with zero attached hydrogens (tertiary/aromatic N) is 2. The van der Waals surface area contributed by atoms with Crippen LogP contribution >= 0.6 is 0 Å². The van der Waals surface area contributed by atoms with Crippen LogP contribution in [0.5, 0.6) is 0 Å². The summed E-state index contributed by atoms with van der Waals surface area (Å²) in [5.74, 6) is 1.20. The van der Waals surface area contributed by atoms with Crippen LogP contribution in [0, 0.1) is 12.8 Å². The Bertz CT molecular complexity index is 445. The van der Waals surface area contributed by atoms with Gasteiger partial charge in [0.15, 0.2) is 0 Å². The van der Waals surface area contributed by atoms with Crippen LogP contribution in [-0.4, -0.2) is 29.5 Å². The minimum atomic E-state index is -0.154. The molecule has 98 valence electrons. The van der Waals surface area contributed by atoms with Crippen LogP contribution < -0.4 is 10.2 Å². The number of carbonyl (C=O) groups is 1. The van der Waals surface area contributed by atoms with Crippen LogP contribution in [-0.2, 0) is 4.79 Å². The van der Waals surface area contributed by atoms with Crippen LogP contribution in [0.3, 0.4) is 0 Å². The molecule has 1 N–H and O–H groups in total. The predicted molar refractivity (Wildman–Crippen MR) is 72.6 cm³/mol. The van der Waals surface area contributed by atoms with Gasteiger partial charge in [-0.25, -0.2) is 4.98 Å². The molecule has 0 saturated carbocycles. The van der Waals surface area contributed by atoms with E-state index in [0.29, 0.717) is 0 Å². The lowest BCUT2D eigenvalue weighted by atomic mass is 9.97. The standard InChI is InChI=1S/C14H21N3O/c1-10-6-5-7-12(15-10)17-8-11(9-17)13(18)16-14(2,3)4/h5-7,11H,8-9H2,1-4H3,(H,16,18). The van der Waals surface area contributed by atoms with Gasteiger partial charge in [0.2, 0.25) is 5.91 Å². The van der Waals surface area contributed by atoms with Gasteiger partial charge in [0.1, 0.15) is 5.82 Å². The maximum atomic E-state index is 11.9. The van der Waals surface area contributed by atoms with Crippen molar-refractivity contribution in [2.75, 3.05) is 18.0 Å². The van der Waals surface area contributed by atoms with Gasteiger partial charge in [-0.1, -0.05) is 6.07 Å². The van der Waals surface area contributed by atoms with Gasteiger partial charge in [0.05, 0.1) is 5.92 Å². The molecule has 0 spiro atoms. The Labute approximate surface area is 108 Å². The highest BCUT2D eigenvalue weighted by molar-refractivity contribution is 5.82. The summed E-state index contributed by atoms with van der Waals surface area (Å²) in [5.41, 5.74) is 0.856. The third-order valence-corrected chi connectivity index (χ3v) is 2.95. The minimum absolute atomic E-state index is 0.0894. The molecular weight excluding hydrogens is 226 g/mol. The molecule has 1 fully saturated rings. The average molecular weight is 247 g/mol. The molecule has 1 aliphatic rings. The number of hydrogen-bond acceptors (Lipinski definition) is 3. The van der Waals surface area contributed by atoms with Crippen molar-refractivity contribution in [3.8, 4) is 0 Å². The van der Waals surface area contributed by atoms with Gasteiger partial charge in [-0.3, -0.25) is 4.79 Å². The zero-order chi connectivity index (χ0) is 13.3. The van der Waals surface area contributed by atoms with Gasteiger partial charge in [0, 0.05) is 24.3 Å². The second-order valence-electron chi connectivity index (χ2n) is 5.98. The summed E-state index contributed by atoms with van der Waals surface area (Å²) >= 11 is 0. The number of anilines is 1. The molecule has 1 aliphatic heterocycles. The molecule has 4 heteroatoms. The fourth-order valence-corrected chi connectivity index (χ4v) is 2.01. The molecule has 0 aromatic carbocycles. The molecule has 0 radical (unpaired) electrons. The molecule has 1 amide bonds. The van der Waals surface area contributed by atoms with Gasteiger partial charge in [-0.15, -0.1) is 0 Å². The number of aryl methyl sites for hydroxylation is 1. The fourth-order valence-electron chi connectivity index (χ4n) is 2.01. The molecule has 4 nitrogen and oxygen atoms in total. The van der Waals surface area contributed by atoms with Crippen molar-refractivity contribution >= 4 is 11.7 Å². The number of amides is 1. The van der Waals surface area contributed by atoms with E-state index in [2.05, 4.69) is 15.2 Å². The summed E-state index contributed by atoms with van der Waals surface area (Å²) in [6.45, 7) is 9.51. The van der Waals surface area contributed by atoms with Crippen molar-refractivity contribution in [1.82, 2.24) is 10.3 Å². The topological polar surface area (TPSA) is 45.2 Å². The van der Waals surface area contributed by atoms with Gasteiger partial charge in [0.25, 0.3) is 0 Å². The van der Waals surface area contributed by atoms with Crippen LogP contribution in [0.15, 0.2) is 18.2 Å². The Morgan fingerprint density at radius 2 is 2.06 bits per heavy atom. The summed E-state index contributed by atoms with van der Waals surface area (Å²) < 4.78 is 0. The van der Waals surface area contributed by atoms with Crippen molar-refractivity contribution in [2.24, 2.45) is 5.92 Å². The Hall–Kier alpha value is -1.58. The monoisotopic (exact) mass is 247 g/mol. The second kappa shape index (κ2) is 4.59. The maximum Gasteiger partial charge on any atom is 0.227 e. The molecule has 18 heavy (non-hydrogen) atoms. The Morgan fingerprint density at radius 1 is 1.39 bits per heavy atom. The first-order valence-corrected chi connectivity index (χ1v) is 6.36. The number of carbonyl (C=O) groups excluding carboxylic acids is 1. The number of rotatable bonds is 2. The second-order valence-corrected chi connectivity index (χ2v) is 5.98. The Morgan fingerprint density at radius 3 is 2.61 bits per heavy atom. The molecule has 0 bridgehead atoms. The predicted octanol–water partition coefficient (Wildman–Crippen LogP) is 1.74. The average Bonchev–Trinajstić information content (AvgIpc) is 2.11. The number of hydrogen-bond donors (Lipinski definition) is 1. The van der Waals surface area contributed by atoms with Crippen molar-refractivity contribution in [3.63, 3.8) is 0 Å². The van der Waals surface area contributed by atoms with Crippen molar-refractivity contribution in [3.05, 3.63) is 23.9 Å². The highest BCUT2D eigenvalue weighted by Crippen LogP contribution is 2.23. The largest absolute Gasteiger partial charge is 0.355 e. The van der Waals surface area contributed by atoms with Crippen LogP contribution in [0.25, 0.3) is 0 Å². The highest BCUT2D eigenvalue weighted by Gasteiger charge is 2.34. The molecular formula is C14H21N3O. The number of pyridine rings is 1. The minimum Gasteiger partial charge on any atom is -0.355 e. The van der Waals surface area contributed by atoms with Crippen LogP contribution in [0.1, 0.15) is 26.5 Å². The fraction of sp³-hybridized carbons (Fsp3) is 0.571. The molecule has 0 aliphatic carbocycles. The number of aromatic nitrogens is 1.